The van der Waals surface area contributed by atoms with Crippen molar-refractivity contribution in [2.75, 3.05) is 26.2 Å². The van der Waals surface area contributed by atoms with Crippen molar-refractivity contribution < 1.29 is 14.9 Å². The maximum absolute atomic E-state index is 9.20. The minimum atomic E-state index is -0.315. The van der Waals surface area contributed by atoms with Gasteiger partial charge in [0.05, 0.1) is 24.9 Å². The Morgan fingerprint density at radius 3 is 2.77 bits per heavy atom. The predicted molar refractivity (Wildman–Crippen MR) is 49.5 cm³/mol. The molecule has 0 aromatic rings. The van der Waals surface area contributed by atoms with E-state index in [2.05, 4.69) is 4.90 Å². The Bertz CT molecular complexity index is 150. The van der Waals surface area contributed by atoms with Crippen LogP contribution in [0.25, 0.3) is 0 Å². The van der Waals surface area contributed by atoms with Crippen LogP contribution in [-0.4, -0.2) is 59.7 Å². The van der Waals surface area contributed by atoms with Crippen molar-refractivity contribution in [3.8, 4) is 0 Å². The molecule has 13 heavy (non-hydrogen) atoms. The second-order valence-corrected chi connectivity index (χ2v) is 3.82. The first-order valence-electron chi connectivity index (χ1n) is 4.78. The van der Waals surface area contributed by atoms with Gasteiger partial charge >= 0.3 is 0 Å². The lowest BCUT2D eigenvalue weighted by molar-refractivity contribution is -0.100. The molecule has 4 nitrogen and oxygen atoms in total. The second-order valence-electron chi connectivity index (χ2n) is 3.82. The van der Waals surface area contributed by atoms with E-state index in [1.165, 1.54) is 0 Å². The van der Waals surface area contributed by atoms with E-state index in [4.69, 9.17) is 9.84 Å². The quantitative estimate of drug-likeness (QED) is 0.625. The Morgan fingerprint density at radius 2 is 2.23 bits per heavy atom. The largest absolute Gasteiger partial charge is 0.394 e. The molecule has 0 radical (unpaired) electrons. The zero-order valence-electron chi connectivity index (χ0n) is 8.31. The van der Waals surface area contributed by atoms with Crippen LogP contribution < -0.4 is 0 Å². The summed E-state index contributed by atoms with van der Waals surface area (Å²) in [6, 6.07) is 0. The van der Waals surface area contributed by atoms with Gasteiger partial charge in [-0.05, 0) is 13.8 Å². The lowest BCUT2D eigenvalue weighted by Crippen LogP contribution is -2.49. The van der Waals surface area contributed by atoms with Gasteiger partial charge in [0, 0.05) is 19.6 Å². The number of β-amino-alcohol motifs (C(OH)–C–C–N with tert-alkyl or cyclic N) is 1. The molecule has 3 atom stereocenters. The standard InChI is InChI=1S/C9H19NO3/c1-7(12)3-10-4-8(2)13-9(5-10)6-11/h7-9,11-12H,3-6H2,1-2H3/t7-,8?,9?/m0/s1. The van der Waals surface area contributed by atoms with Gasteiger partial charge in [0.15, 0.2) is 0 Å². The van der Waals surface area contributed by atoms with Crippen LogP contribution >= 0.6 is 0 Å². The summed E-state index contributed by atoms with van der Waals surface area (Å²) in [6.07, 6.45) is -0.267. The molecule has 1 aliphatic rings. The number of aliphatic hydroxyl groups is 2. The Balaban J connectivity index is 2.37. The summed E-state index contributed by atoms with van der Waals surface area (Å²) in [5, 5.41) is 18.2. The van der Waals surface area contributed by atoms with Gasteiger partial charge in [0.25, 0.3) is 0 Å². The molecule has 2 unspecified atom stereocenters. The van der Waals surface area contributed by atoms with E-state index < -0.39 is 0 Å². The van der Waals surface area contributed by atoms with Crippen molar-refractivity contribution in [3.63, 3.8) is 0 Å². The van der Waals surface area contributed by atoms with Gasteiger partial charge in [0.1, 0.15) is 0 Å². The van der Waals surface area contributed by atoms with Gasteiger partial charge in [-0.15, -0.1) is 0 Å². The molecule has 1 saturated heterocycles. The summed E-state index contributed by atoms with van der Waals surface area (Å²) in [5.74, 6) is 0. The smallest absolute Gasteiger partial charge is 0.0936 e. The lowest BCUT2D eigenvalue weighted by Gasteiger charge is -2.36. The van der Waals surface area contributed by atoms with Crippen molar-refractivity contribution in [1.29, 1.82) is 0 Å². The lowest BCUT2D eigenvalue weighted by atomic mass is 10.2. The number of hydrogen-bond acceptors (Lipinski definition) is 4. The first kappa shape index (κ1) is 10.9. The number of nitrogens with zero attached hydrogens (tertiary/aromatic N) is 1. The van der Waals surface area contributed by atoms with Crippen LogP contribution in [-0.2, 0) is 4.74 Å². The monoisotopic (exact) mass is 189 g/mol. The van der Waals surface area contributed by atoms with Crippen molar-refractivity contribution in [1.82, 2.24) is 4.90 Å². The van der Waals surface area contributed by atoms with E-state index in [-0.39, 0.29) is 24.9 Å². The third kappa shape index (κ3) is 3.60. The van der Waals surface area contributed by atoms with Crippen LogP contribution in [0.3, 0.4) is 0 Å². The summed E-state index contributed by atoms with van der Waals surface area (Å²) in [5.41, 5.74) is 0. The van der Waals surface area contributed by atoms with Gasteiger partial charge < -0.3 is 14.9 Å². The van der Waals surface area contributed by atoms with E-state index >= 15 is 0 Å². The minimum Gasteiger partial charge on any atom is -0.394 e. The second kappa shape index (κ2) is 4.91. The summed E-state index contributed by atoms with van der Waals surface area (Å²) in [7, 11) is 0. The van der Waals surface area contributed by atoms with Gasteiger partial charge in [0.2, 0.25) is 0 Å². The molecule has 0 aromatic carbocycles. The molecule has 1 fully saturated rings. The Hall–Kier alpha value is -0.160. The van der Waals surface area contributed by atoms with Crippen LogP contribution in [0, 0.1) is 0 Å². The Kier molecular flexibility index (Phi) is 4.12. The number of morpholine rings is 1. The summed E-state index contributed by atoms with van der Waals surface area (Å²) in [4.78, 5) is 2.12. The molecular formula is C9H19NO3. The molecule has 4 heteroatoms. The molecular weight excluding hydrogens is 170 g/mol. The SMILES string of the molecule is CC1CN(C[C@H](C)O)CC(CO)O1. The number of aliphatic hydroxyl groups excluding tert-OH is 2. The van der Waals surface area contributed by atoms with Crippen molar-refractivity contribution >= 4 is 0 Å². The fraction of sp³-hybridized carbons (Fsp3) is 1.00. The first-order valence-corrected chi connectivity index (χ1v) is 4.78. The van der Waals surface area contributed by atoms with Crippen LogP contribution in [0.5, 0.6) is 0 Å². The first-order chi connectivity index (χ1) is 6.11. The third-order valence-corrected chi connectivity index (χ3v) is 2.13. The number of hydrogen-bond donors (Lipinski definition) is 2. The maximum Gasteiger partial charge on any atom is 0.0936 e. The predicted octanol–water partition coefficient (Wildman–Crippen LogP) is -0.551. The van der Waals surface area contributed by atoms with E-state index in [9.17, 15) is 5.11 Å². The molecule has 78 valence electrons. The summed E-state index contributed by atoms with van der Waals surface area (Å²) < 4.78 is 5.47. The molecule has 0 bridgehead atoms. The summed E-state index contributed by atoms with van der Waals surface area (Å²) in [6.45, 7) is 6.02. The van der Waals surface area contributed by atoms with E-state index in [1.54, 1.807) is 6.92 Å². The fourth-order valence-electron chi connectivity index (χ4n) is 1.76. The van der Waals surface area contributed by atoms with Gasteiger partial charge in [-0.3, -0.25) is 4.90 Å². The molecule has 0 spiro atoms. The molecule has 1 rings (SSSR count). The van der Waals surface area contributed by atoms with Crippen molar-refractivity contribution in [2.24, 2.45) is 0 Å². The third-order valence-electron chi connectivity index (χ3n) is 2.13. The van der Waals surface area contributed by atoms with Crippen LogP contribution in [0.1, 0.15) is 13.8 Å². The average Bonchev–Trinajstić information content (AvgIpc) is 2.01. The van der Waals surface area contributed by atoms with Crippen molar-refractivity contribution in [2.45, 2.75) is 32.2 Å². The highest BCUT2D eigenvalue weighted by Gasteiger charge is 2.24. The molecule has 0 aromatic heterocycles. The topological polar surface area (TPSA) is 52.9 Å². The highest BCUT2D eigenvalue weighted by Crippen LogP contribution is 2.10. The minimum absolute atomic E-state index is 0.0562. The number of rotatable bonds is 3. The van der Waals surface area contributed by atoms with Gasteiger partial charge in [-0.1, -0.05) is 0 Å². The molecule has 0 saturated carbocycles. The molecule has 1 heterocycles. The molecule has 2 N–H and O–H groups in total. The maximum atomic E-state index is 9.20. The van der Waals surface area contributed by atoms with Crippen molar-refractivity contribution in [3.05, 3.63) is 0 Å². The van der Waals surface area contributed by atoms with Crippen LogP contribution in [0.15, 0.2) is 0 Å². The van der Waals surface area contributed by atoms with E-state index in [0.29, 0.717) is 13.1 Å². The Labute approximate surface area is 79.1 Å². The number of ether oxygens (including phenoxy) is 1. The fourth-order valence-corrected chi connectivity index (χ4v) is 1.76. The van der Waals surface area contributed by atoms with Gasteiger partial charge in [-0.2, -0.15) is 0 Å². The summed E-state index contributed by atoms with van der Waals surface area (Å²) >= 11 is 0. The zero-order valence-corrected chi connectivity index (χ0v) is 8.31. The zero-order chi connectivity index (χ0) is 9.84. The normalized spacial score (nSPS) is 33.2. The van der Waals surface area contributed by atoms with E-state index in [0.717, 1.165) is 6.54 Å². The average molecular weight is 189 g/mol. The Morgan fingerprint density at radius 1 is 1.54 bits per heavy atom. The highest BCUT2D eigenvalue weighted by atomic mass is 16.5. The molecule has 1 aliphatic heterocycles. The highest BCUT2D eigenvalue weighted by molar-refractivity contribution is 4.76. The van der Waals surface area contributed by atoms with E-state index in [1.807, 2.05) is 6.92 Å². The van der Waals surface area contributed by atoms with Crippen LogP contribution in [0.2, 0.25) is 0 Å². The molecule has 0 aliphatic carbocycles. The van der Waals surface area contributed by atoms with Gasteiger partial charge in [-0.25, -0.2) is 0 Å². The molecule has 0 amide bonds. The van der Waals surface area contributed by atoms with Crippen LogP contribution in [0.4, 0.5) is 0 Å².